The summed E-state index contributed by atoms with van der Waals surface area (Å²) in [5.74, 6) is 0.326. The molecule has 1 amide bonds. The molecular weight excluding hydrogens is 198 g/mol. The Kier molecular flexibility index (Phi) is 4.47. The van der Waals surface area contributed by atoms with E-state index in [9.17, 15) is 4.79 Å². The highest BCUT2D eigenvalue weighted by Crippen LogP contribution is 2.11. The molecule has 1 rings (SSSR count). The lowest BCUT2D eigenvalue weighted by molar-refractivity contribution is -0.115. The van der Waals surface area contributed by atoms with Crippen LogP contribution in [0, 0.1) is 0 Å². The Hall–Kier alpha value is -1.02. The molecule has 0 aliphatic rings. The van der Waals surface area contributed by atoms with Gasteiger partial charge in [-0.15, -0.1) is 11.6 Å². The van der Waals surface area contributed by atoms with E-state index in [1.54, 1.807) is 0 Å². The second kappa shape index (κ2) is 5.66. The number of alkyl halides is 1. The van der Waals surface area contributed by atoms with E-state index in [2.05, 4.69) is 12.2 Å². The smallest absolute Gasteiger partial charge is 0.225 e. The maximum atomic E-state index is 11.2. The molecule has 0 atom stereocenters. The molecule has 14 heavy (non-hydrogen) atoms. The minimum Gasteiger partial charge on any atom is -0.326 e. The molecule has 0 heterocycles. The van der Waals surface area contributed by atoms with Crippen LogP contribution >= 0.6 is 11.6 Å². The Morgan fingerprint density at radius 3 is 2.93 bits per heavy atom. The Balaban J connectivity index is 2.62. The van der Waals surface area contributed by atoms with E-state index < -0.39 is 0 Å². The van der Waals surface area contributed by atoms with Crippen LogP contribution in [-0.2, 0) is 11.2 Å². The van der Waals surface area contributed by atoms with Crippen molar-refractivity contribution in [2.75, 3.05) is 11.2 Å². The highest BCUT2D eigenvalue weighted by Gasteiger charge is 2.00. The number of aryl methyl sites for hydroxylation is 1. The molecule has 1 N–H and O–H groups in total. The normalized spacial score (nSPS) is 9.86. The van der Waals surface area contributed by atoms with Gasteiger partial charge in [-0.1, -0.05) is 19.1 Å². The predicted molar refractivity (Wildman–Crippen MR) is 59.8 cm³/mol. The van der Waals surface area contributed by atoms with Gasteiger partial charge in [0.05, 0.1) is 0 Å². The van der Waals surface area contributed by atoms with Gasteiger partial charge in [0.15, 0.2) is 0 Å². The van der Waals surface area contributed by atoms with Crippen molar-refractivity contribution < 1.29 is 4.79 Å². The Bertz CT molecular complexity index is 312. The van der Waals surface area contributed by atoms with Gasteiger partial charge in [0.25, 0.3) is 0 Å². The first kappa shape index (κ1) is 11.1. The van der Waals surface area contributed by atoms with Crippen molar-refractivity contribution >= 4 is 23.2 Å². The number of rotatable bonds is 4. The van der Waals surface area contributed by atoms with E-state index in [4.69, 9.17) is 11.6 Å². The third kappa shape index (κ3) is 3.38. The summed E-state index contributed by atoms with van der Waals surface area (Å²) in [6, 6.07) is 7.84. The monoisotopic (exact) mass is 211 g/mol. The van der Waals surface area contributed by atoms with Crippen LogP contribution in [0.1, 0.15) is 18.9 Å². The molecule has 0 spiro atoms. The molecule has 0 aliphatic heterocycles. The van der Waals surface area contributed by atoms with Crippen LogP contribution in [0.4, 0.5) is 5.69 Å². The molecule has 1 aromatic carbocycles. The van der Waals surface area contributed by atoms with Crippen LogP contribution in [0.15, 0.2) is 24.3 Å². The highest BCUT2D eigenvalue weighted by molar-refractivity contribution is 6.19. The maximum Gasteiger partial charge on any atom is 0.225 e. The summed E-state index contributed by atoms with van der Waals surface area (Å²) < 4.78 is 0. The van der Waals surface area contributed by atoms with Crippen LogP contribution in [0.3, 0.4) is 0 Å². The highest BCUT2D eigenvalue weighted by atomic mass is 35.5. The van der Waals surface area contributed by atoms with Crippen LogP contribution in [0.5, 0.6) is 0 Å². The van der Waals surface area contributed by atoms with Crippen LogP contribution in [0.25, 0.3) is 0 Å². The third-order valence-corrected chi connectivity index (χ3v) is 2.13. The molecule has 0 aliphatic carbocycles. The van der Waals surface area contributed by atoms with E-state index >= 15 is 0 Å². The van der Waals surface area contributed by atoms with Gasteiger partial charge in [-0.2, -0.15) is 0 Å². The largest absolute Gasteiger partial charge is 0.326 e. The molecule has 0 aromatic heterocycles. The summed E-state index contributed by atoms with van der Waals surface area (Å²) in [6.07, 6.45) is 1.33. The van der Waals surface area contributed by atoms with Gasteiger partial charge >= 0.3 is 0 Å². The van der Waals surface area contributed by atoms with Gasteiger partial charge in [-0.05, 0) is 24.1 Å². The van der Waals surface area contributed by atoms with Crippen LogP contribution < -0.4 is 5.32 Å². The van der Waals surface area contributed by atoms with Gasteiger partial charge in [-0.3, -0.25) is 4.79 Å². The fraction of sp³-hybridized carbons (Fsp3) is 0.364. The molecule has 2 nitrogen and oxygen atoms in total. The number of nitrogens with one attached hydrogen (secondary N) is 1. The Morgan fingerprint density at radius 1 is 1.50 bits per heavy atom. The van der Waals surface area contributed by atoms with E-state index in [1.165, 1.54) is 5.56 Å². The molecule has 0 bridgehead atoms. The first-order valence-electron chi connectivity index (χ1n) is 4.71. The fourth-order valence-electron chi connectivity index (χ4n) is 1.18. The quantitative estimate of drug-likeness (QED) is 0.763. The lowest BCUT2D eigenvalue weighted by Crippen LogP contribution is -2.11. The first-order valence-corrected chi connectivity index (χ1v) is 5.24. The number of carbonyl (C=O) groups is 1. The van der Waals surface area contributed by atoms with Crippen molar-refractivity contribution in [3.63, 3.8) is 0 Å². The topological polar surface area (TPSA) is 29.1 Å². The van der Waals surface area contributed by atoms with Crippen molar-refractivity contribution in [3.8, 4) is 0 Å². The standard InChI is InChI=1S/C11H14ClNO/c1-2-9-4-3-5-10(8-9)13-11(14)6-7-12/h3-5,8H,2,6-7H2,1H3,(H,13,14). The summed E-state index contributed by atoms with van der Waals surface area (Å²) in [5, 5.41) is 2.79. The molecule has 3 heteroatoms. The second-order valence-corrected chi connectivity index (χ2v) is 3.42. The molecule has 0 radical (unpaired) electrons. The molecule has 0 fully saturated rings. The van der Waals surface area contributed by atoms with E-state index in [1.807, 2.05) is 24.3 Å². The van der Waals surface area contributed by atoms with Gasteiger partial charge in [0.1, 0.15) is 0 Å². The number of amides is 1. The minimum atomic E-state index is -0.0340. The van der Waals surface area contributed by atoms with Crippen molar-refractivity contribution in [2.24, 2.45) is 0 Å². The van der Waals surface area contributed by atoms with Gasteiger partial charge in [0.2, 0.25) is 5.91 Å². The molecule has 0 unspecified atom stereocenters. The second-order valence-electron chi connectivity index (χ2n) is 3.04. The number of hydrogen-bond acceptors (Lipinski definition) is 1. The van der Waals surface area contributed by atoms with Crippen LogP contribution in [-0.4, -0.2) is 11.8 Å². The lowest BCUT2D eigenvalue weighted by Gasteiger charge is -2.05. The summed E-state index contributed by atoms with van der Waals surface area (Å²) in [6.45, 7) is 2.08. The number of halogens is 1. The SMILES string of the molecule is CCc1cccc(NC(=O)CCCl)c1. The zero-order chi connectivity index (χ0) is 10.4. The van der Waals surface area contributed by atoms with Gasteiger partial charge < -0.3 is 5.32 Å². The van der Waals surface area contributed by atoms with E-state index in [-0.39, 0.29) is 5.91 Å². The van der Waals surface area contributed by atoms with Crippen molar-refractivity contribution in [1.29, 1.82) is 0 Å². The predicted octanol–water partition coefficient (Wildman–Crippen LogP) is 2.82. The molecule has 1 aromatic rings. The summed E-state index contributed by atoms with van der Waals surface area (Å²) in [4.78, 5) is 11.2. The van der Waals surface area contributed by atoms with Crippen molar-refractivity contribution in [3.05, 3.63) is 29.8 Å². The summed E-state index contributed by atoms with van der Waals surface area (Å²) in [5.41, 5.74) is 2.06. The molecule has 0 saturated carbocycles. The number of benzene rings is 1. The van der Waals surface area contributed by atoms with E-state index in [0.29, 0.717) is 12.3 Å². The third-order valence-electron chi connectivity index (χ3n) is 1.94. The minimum absolute atomic E-state index is 0.0340. The first-order chi connectivity index (χ1) is 6.76. The average molecular weight is 212 g/mol. The molecular formula is C11H14ClNO. The summed E-state index contributed by atoms with van der Waals surface area (Å²) in [7, 11) is 0. The van der Waals surface area contributed by atoms with E-state index in [0.717, 1.165) is 12.1 Å². The molecule has 0 saturated heterocycles. The number of carbonyl (C=O) groups excluding carboxylic acids is 1. The Morgan fingerprint density at radius 2 is 2.29 bits per heavy atom. The summed E-state index contributed by atoms with van der Waals surface area (Å²) >= 11 is 5.46. The van der Waals surface area contributed by atoms with Crippen molar-refractivity contribution in [2.45, 2.75) is 19.8 Å². The fourth-order valence-corrected chi connectivity index (χ4v) is 1.35. The zero-order valence-electron chi connectivity index (χ0n) is 8.22. The van der Waals surface area contributed by atoms with Crippen molar-refractivity contribution in [1.82, 2.24) is 0 Å². The maximum absolute atomic E-state index is 11.2. The zero-order valence-corrected chi connectivity index (χ0v) is 8.97. The Labute approximate surface area is 89.3 Å². The molecule has 76 valence electrons. The lowest BCUT2D eigenvalue weighted by atomic mass is 10.1. The average Bonchev–Trinajstić information content (AvgIpc) is 2.18. The van der Waals surface area contributed by atoms with Crippen LogP contribution in [0.2, 0.25) is 0 Å². The number of hydrogen-bond donors (Lipinski definition) is 1. The number of anilines is 1. The van der Waals surface area contributed by atoms with Gasteiger partial charge in [-0.25, -0.2) is 0 Å². The van der Waals surface area contributed by atoms with Gasteiger partial charge in [0, 0.05) is 18.0 Å².